The Bertz CT molecular complexity index is 561. The maximum Gasteiger partial charge on any atom is 0.305 e. The molecule has 0 aliphatic rings. The Balaban J connectivity index is 2.28. The average Bonchev–Trinajstić information content (AvgIpc) is 2.59. The fourth-order valence-corrected chi connectivity index (χ4v) is 2.17. The summed E-state index contributed by atoms with van der Waals surface area (Å²) in [6, 6.07) is 6.20. The van der Waals surface area contributed by atoms with E-state index in [0.29, 0.717) is 24.5 Å². The molecule has 0 unspecified atom stereocenters. The second kappa shape index (κ2) is 11.5. The highest BCUT2D eigenvalue weighted by molar-refractivity contribution is 7.80. The second-order valence-electron chi connectivity index (χ2n) is 5.17. The van der Waals surface area contributed by atoms with Crippen LogP contribution in [0.2, 0.25) is 0 Å². The van der Waals surface area contributed by atoms with Gasteiger partial charge in [-0.15, -0.1) is 0 Å². The van der Waals surface area contributed by atoms with Crippen molar-refractivity contribution < 1.29 is 13.9 Å². The van der Waals surface area contributed by atoms with Gasteiger partial charge in [0.05, 0.1) is 12.8 Å². The van der Waals surface area contributed by atoms with Crippen LogP contribution in [0.25, 0.3) is 0 Å². The molecule has 0 bridgehead atoms. The zero-order valence-electron chi connectivity index (χ0n) is 14.1. The summed E-state index contributed by atoms with van der Waals surface area (Å²) in [5, 5.41) is 7.77. The van der Waals surface area contributed by atoms with Gasteiger partial charge in [0.1, 0.15) is 5.82 Å². The van der Waals surface area contributed by atoms with Crippen LogP contribution in [0.3, 0.4) is 0 Å². The average molecular weight is 353 g/mol. The highest BCUT2D eigenvalue weighted by Gasteiger charge is 2.03. The van der Waals surface area contributed by atoms with Crippen LogP contribution in [0.5, 0.6) is 0 Å². The number of hydrazone groups is 1. The number of hydrogen-bond acceptors (Lipinski definition) is 4. The molecule has 132 valence electrons. The van der Waals surface area contributed by atoms with E-state index in [2.05, 4.69) is 20.6 Å². The van der Waals surface area contributed by atoms with Gasteiger partial charge in [0.15, 0.2) is 5.11 Å². The van der Waals surface area contributed by atoms with E-state index in [1.807, 2.05) is 6.92 Å². The third-order valence-corrected chi connectivity index (χ3v) is 3.61. The molecule has 0 saturated carbocycles. The van der Waals surface area contributed by atoms with Crippen LogP contribution < -0.4 is 10.7 Å². The lowest BCUT2D eigenvalue weighted by molar-refractivity contribution is -0.140. The summed E-state index contributed by atoms with van der Waals surface area (Å²) in [6.07, 6.45) is 3.78. The molecule has 2 N–H and O–H groups in total. The molecular weight excluding hydrogens is 329 g/mol. The minimum Gasteiger partial charge on any atom is -0.469 e. The molecular formula is C17H24FN3O2S. The first-order valence-electron chi connectivity index (χ1n) is 8.00. The Kier molecular flexibility index (Phi) is 9.60. The smallest absolute Gasteiger partial charge is 0.305 e. The van der Waals surface area contributed by atoms with Crippen molar-refractivity contribution in [3.05, 3.63) is 35.6 Å². The van der Waals surface area contributed by atoms with Gasteiger partial charge in [0.2, 0.25) is 0 Å². The molecule has 0 saturated heterocycles. The Morgan fingerprint density at radius 1 is 1.25 bits per heavy atom. The molecule has 24 heavy (non-hydrogen) atoms. The predicted molar refractivity (Wildman–Crippen MR) is 97.4 cm³/mol. The molecule has 0 radical (unpaired) electrons. The third-order valence-electron chi connectivity index (χ3n) is 3.38. The molecule has 0 aliphatic carbocycles. The first-order valence-corrected chi connectivity index (χ1v) is 8.40. The molecule has 0 aliphatic heterocycles. The second-order valence-corrected chi connectivity index (χ2v) is 5.58. The number of rotatable bonds is 9. The van der Waals surface area contributed by atoms with Crippen LogP contribution in [-0.4, -0.2) is 30.4 Å². The van der Waals surface area contributed by atoms with Gasteiger partial charge in [-0.25, -0.2) is 4.39 Å². The fraction of sp³-hybridized carbons (Fsp3) is 0.471. The molecule has 0 heterocycles. The van der Waals surface area contributed by atoms with Crippen molar-refractivity contribution in [2.24, 2.45) is 5.10 Å². The van der Waals surface area contributed by atoms with Crippen LogP contribution in [-0.2, 0) is 9.53 Å². The lowest BCUT2D eigenvalue weighted by Gasteiger charge is -2.09. The number of carbonyl (C=O) groups is 1. The zero-order chi connectivity index (χ0) is 17.8. The number of ether oxygens (including phenoxy) is 1. The summed E-state index contributed by atoms with van der Waals surface area (Å²) in [5.41, 5.74) is 4.47. The first kappa shape index (κ1) is 20.0. The SMILES string of the molecule is CC/C(=N/NC(=S)NCCCCCC(=O)OC)c1ccc(F)cc1. The van der Waals surface area contributed by atoms with E-state index >= 15 is 0 Å². The van der Waals surface area contributed by atoms with E-state index in [0.717, 1.165) is 30.5 Å². The van der Waals surface area contributed by atoms with Gasteiger partial charge < -0.3 is 10.1 Å². The van der Waals surface area contributed by atoms with Crippen molar-refractivity contribution in [3.63, 3.8) is 0 Å². The fourth-order valence-electron chi connectivity index (χ4n) is 2.02. The highest BCUT2D eigenvalue weighted by Crippen LogP contribution is 2.06. The number of hydrogen-bond donors (Lipinski definition) is 2. The molecule has 1 aromatic rings. The van der Waals surface area contributed by atoms with Gasteiger partial charge in [-0.1, -0.05) is 25.5 Å². The molecule has 0 spiro atoms. The minimum absolute atomic E-state index is 0.178. The van der Waals surface area contributed by atoms with Crippen LogP contribution >= 0.6 is 12.2 Å². The number of thiocarbonyl (C=S) groups is 1. The normalized spacial score (nSPS) is 11.0. The Morgan fingerprint density at radius 2 is 1.96 bits per heavy atom. The van der Waals surface area contributed by atoms with Gasteiger partial charge in [0.25, 0.3) is 0 Å². The largest absolute Gasteiger partial charge is 0.469 e. The molecule has 7 heteroatoms. The molecule has 0 atom stereocenters. The number of carbonyl (C=O) groups excluding carboxylic acids is 1. The first-order chi connectivity index (χ1) is 11.6. The summed E-state index contributed by atoms with van der Waals surface area (Å²) in [4.78, 5) is 11.0. The quantitative estimate of drug-likeness (QED) is 0.235. The van der Waals surface area contributed by atoms with Gasteiger partial charge >= 0.3 is 5.97 Å². The summed E-state index contributed by atoms with van der Waals surface area (Å²) in [6.45, 7) is 2.68. The minimum atomic E-state index is -0.272. The zero-order valence-corrected chi connectivity index (χ0v) is 14.9. The van der Waals surface area contributed by atoms with E-state index in [9.17, 15) is 9.18 Å². The van der Waals surface area contributed by atoms with E-state index in [1.165, 1.54) is 19.2 Å². The van der Waals surface area contributed by atoms with Crippen molar-refractivity contribution in [2.45, 2.75) is 39.0 Å². The molecule has 0 fully saturated rings. The summed E-state index contributed by atoms with van der Waals surface area (Å²) >= 11 is 5.17. The summed E-state index contributed by atoms with van der Waals surface area (Å²) in [5.74, 6) is -0.450. The van der Waals surface area contributed by atoms with Crippen molar-refractivity contribution in [1.82, 2.24) is 10.7 Å². The maximum atomic E-state index is 12.9. The van der Waals surface area contributed by atoms with Gasteiger partial charge in [0, 0.05) is 13.0 Å². The molecule has 5 nitrogen and oxygen atoms in total. The number of methoxy groups -OCH3 is 1. The van der Waals surface area contributed by atoms with Crippen LogP contribution in [0.4, 0.5) is 4.39 Å². The van der Waals surface area contributed by atoms with Gasteiger partial charge in [-0.2, -0.15) is 5.10 Å². The monoisotopic (exact) mass is 353 g/mol. The Labute approximate surface area is 147 Å². The van der Waals surface area contributed by atoms with E-state index < -0.39 is 0 Å². The molecule has 0 aromatic heterocycles. The number of nitrogens with one attached hydrogen (secondary N) is 2. The van der Waals surface area contributed by atoms with Crippen molar-refractivity contribution in [3.8, 4) is 0 Å². The third kappa shape index (κ3) is 8.01. The number of esters is 1. The van der Waals surface area contributed by atoms with Crippen LogP contribution in [0, 0.1) is 5.82 Å². The lowest BCUT2D eigenvalue weighted by atomic mass is 10.1. The molecule has 1 aromatic carbocycles. The summed E-state index contributed by atoms with van der Waals surface area (Å²) in [7, 11) is 1.39. The van der Waals surface area contributed by atoms with Crippen LogP contribution in [0.15, 0.2) is 29.4 Å². The van der Waals surface area contributed by atoms with Gasteiger partial charge in [-0.05, 0) is 49.2 Å². The predicted octanol–water partition coefficient (Wildman–Crippen LogP) is 3.14. The number of benzene rings is 1. The summed E-state index contributed by atoms with van der Waals surface area (Å²) < 4.78 is 17.5. The lowest BCUT2D eigenvalue weighted by Crippen LogP contribution is -2.33. The van der Waals surface area contributed by atoms with E-state index in [4.69, 9.17) is 12.2 Å². The van der Waals surface area contributed by atoms with Crippen molar-refractivity contribution in [1.29, 1.82) is 0 Å². The number of unbranched alkanes of at least 4 members (excludes halogenated alkanes) is 2. The maximum absolute atomic E-state index is 12.9. The Hall–Kier alpha value is -2.02. The van der Waals surface area contributed by atoms with Crippen molar-refractivity contribution >= 4 is 29.0 Å². The van der Waals surface area contributed by atoms with Gasteiger partial charge in [-0.3, -0.25) is 10.2 Å². The van der Waals surface area contributed by atoms with Crippen LogP contribution in [0.1, 0.15) is 44.6 Å². The van der Waals surface area contributed by atoms with E-state index in [-0.39, 0.29) is 11.8 Å². The molecule has 1 rings (SSSR count). The standard InChI is InChI=1S/C17H24FN3O2S/c1-3-15(13-8-10-14(18)11-9-13)20-21-17(24)19-12-6-4-5-7-16(22)23-2/h8-11H,3-7,12H2,1-2H3,(H2,19,21,24)/b20-15-. The molecule has 0 amide bonds. The highest BCUT2D eigenvalue weighted by atomic mass is 32.1. The number of halogens is 1. The Morgan fingerprint density at radius 3 is 2.58 bits per heavy atom. The number of nitrogens with zero attached hydrogens (tertiary/aromatic N) is 1. The van der Waals surface area contributed by atoms with E-state index in [1.54, 1.807) is 12.1 Å². The van der Waals surface area contributed by atoms with Crippen molar-refractivity contribution in [2.75, 3.05) is 13.7 Å². The topological polar surface area (TPSA) is 62.7 Å².